The predicted octanol–water partition coefficient (Wildman–Crippen LogP) is 2.52. The zero-order valence-electron chi connectivity index (χ0n) is 10.0. The van der Waals surface area contributed by atoms with Crippen molar-refractivity contribution in [2.75, 3.05) is 18.5 Å². The molecule has 2 heterocycles. The minimum atomic E-state index is -0.871. The fourth-order valence-electron chi connectivity index (χ4n) is 1.59. The van der Waals surface area contributed by atoms with Crippen molar-refractivity contribution in [1.82, 2.24) is 4.98 Å². The zero-order chi connectivity index (χ0) is 13.0. The molecule has 0 bridgehead atoms. The Morgan fingerprint density at radius 3 is 2.83 bits per heavy atom. The summed E-state index contributed by atoms with van der Waals surface area (Å²) in [6.45, 7) is 0.816. The van der Waals surface area contributed by atoms with E-state index in [-0.39, 0.29) is 0 Å². The summed E-state index contributed by atoms with van der Waals surface area (Å²) in [6, 6.07) is 9.33. The third-order valence-electron chi connectivity index (χ3n) is 2.61. The number of pyridine rings is 1. The van der Waals surface area contributed by atoms with Crippen molar-refractivity contribution >= 4 is 22.3 Å². The van der Waals surface area contributed by atoms with Crippen LogP contribution in [0, 0.1) is 0 Å². The van der Waals surface area contributed by atoms with E-state index in [2.05, 4.69) is 4.98 Å². The van der Waals surface area contributed by atoms with Crippen molar-refractivity contribution < 1.29 is 9.90 Å². The molecular weight excluding hydrogens is 248 g/mol. The number of anilines is 1. The second-order valence-corrected chi connectivity index (χ2v) is 5.00. The molecule has 18 heavy (non-hydrogen) atoms. The molecular formula is C13H14N2O2S. The molecule has 0 atom stereocenters. The highest BCUT2D eigenvalue weighted by molar-refractivity contribution is 7.17. The van der Waals surface area contributed by atoms with Crippen LogP contribution in [0.4, 0.5) is 5.00 Å². The highest BCUT2D eigenvalue weighted by Gasteiger charge is 2.09. The summed E-state index contributed by atoms with van der Waals surface area (Å²) in [5.74, 6) is -0.871. The molecule has 5 heteroatoms. The molecule has 1 N–H and O–H groups in total. The number of nitrogens with zero attached hydrogens (tertiary/aromatic N) is 2. The molecule has 0 spiro atoms. The molecule has 0 aliphatic rings. The van der Waals surface area contributed by atoms with Crippen LogP contribution < -0.4 is 4.90 Å². The van der Waals surface area contributed by atoms with Crippen molar-refractivity contribution in [2.45, 2.75) is 6.42 Å². The lowest BCUT2D eigenvalue weighted by Crippen LogP contribution is -2.19. The number of thiophene rings is 1. The van der Waals surface area contributed by atoms with E-state index in [0.29, 0.717) is 4.88 Å². The number of carboxylic acids is 1. The molecule has 4 nitrogen and oxygen atoms in total. The van der Waals surface area contributed by atoms with Gasteiger partial charge in [-0.15, -0.1) is 11.3 Å². The number of carbonyl (C=O) groups is 1. The summed E-state index contributed by atoms with van der Waals surface area (Å²) in [6.07, 6.45) is 2.63. The first-order chi connectivity index (χ1) is 8.66. The van der Waals surface area contributed by atoms with E-state index >= 15 is 0 Å². The first-order valence-electron chi connectivity index (χ1n) is 5.61. The van der Waals surface area contributed by atoms with Crippen LogP contribution in [0.3, 0.4) is 0 Å². The van der Waals surface area contributed by atoms with Crippen LogP contribution in [0.25, 0.3) is 0 Å². The number of hydrogen-bond donors (Lipinski definition) is 1. The lowest BCUT2D eigenvalue weighted by Gasteiger charge is -2.16. The first-order valence-corrected chi connectivity index (χ1v) is 6.42. The van der Waals surface area contributed by atoms with E-state index < -0.39 is 5.97 Å². The van der Waals surface area contributed by atoms with Gasteiger partial charge < -0.3 is 10.0 Å². The summed E-state index contributed by atoms with van der Waals surface area (Å²) in [4.78, 5) is 17.5. The van der Waals surface area contributed by atoms with Gasteiger partial charge >= 0.3 is 5.97 Å². The normalized spacial score (nSPS) is 10.3. The number of hydrogen-bond acceptors (Lipinski definition) is 4. The molecule has 0 amide bonds. The number of likely N-dealkylation sites (N-methyl/N-ethyl adjacent to an activating group) is 1. The minimum Gasteiger partial charge on any atom is -0.477 e. The second kappa shape index (κ2) is 5.64. The van der Waals surface area contributed by atoms with Gasteiger partial charge in [-0.05, 0) is 24.3 Å². The van der Waals surface area contributed by atoms with Crippen LogP contribution in [0.2, 0.25) is 0 Å². The van der Waals surface area contributed by atoms with Gasteiger partial charge in [0.25, 0.3) is 0 Å². The van der Waals surface area contributed by atoms with Gasteiger partial charge in [0.1, 0.15) is 4.88 Å². The van der Waals surface area contributed by atoms with Crippen LogP contribution in [-0.2, 0) is 6.42 Å². The van der Waals surface area contributed by atoms with Crippen LogP contribution in [0.15, 0.2) is 36.5 Å². The summed E-state index contributed by atoms with van der Waals surface area (Å²) in [5, 5.41) is 9.83. The Kier molecular flexibility index (Phi) is 3.94. The third kappa shape index (κ3) is 3.07. The lowest BCUT2D eigenvalue weighted by atomic mass is 10.2. The van der Waals surface area contributed by atoms with E-state index in [0.717, 1.165) is 23.7 Å². The second-order valence-electron chi connectivity index (χ2n) is 3.94. The molecule has 2 aromatic rings. The Morgan fingerprint density at radius 1 is 1.39 bits per heavy atom. The van der Waals surface area contributed by atoms with Gasteiger partial charge in [-0.25, -0.2) is 4.79 Å². The summed E-state index contributed by atoms with van der Waals surface area (Å²) >= 11 is 1.29. The molecule has 0 radical (unpaired) electrons. The SMILES string of the molecule is CN(CCc1ccccn1)c1ccc(C(=O)O)s1. The molecule has 0 saturated heterocycles. The Hall–Kier alpha value is -1.88. The Morgan fingerprint density at radius 2 is 2.22 bits per heavy atom. The number of aromatic carboxylic acids is 1. The van der Waals surface area contributed by atoms with E-state index in [1.165, 1.54) is 11.3 Å². The van der Waals surface area contributed by atoms with Crippen LogP contribution in [0.1, 0.15) is 15.4 Å². The van der Waals surface area contributed by atoms with Crippen molar-refractivity contribution in [2.24, 2.45) is 0 Å². The Labute approximate surface area is 110 Å². The van der Waals surface area contributed by atoms with Crippen molar-refractivity contribution in [1.29, 1.82) is 0 Å². The maximum absolute atomic E-state index is 10.8. The fraction of sp³-hybridized carbons (Fsp3) is 0.231. The quantitative estimate of drug-likeness (QED) is 0.899. The van der Waals surface area contributed by atoms with Crippen LogP contribution >= 0.6 is 11.3 Å². The van der Waals surface area contributed by atoms with Gasteiger partial charge in [0.2, 0.25) is 0 Å². The lowest BCUT2D eigenvalue weighted by molar-refractivity contribution is 0.0702. The topological polar surface area (TPSA) is 53.4 Å². The third-order valence-corrected chi connectivity index (χ3v) is 3.80. The monoisotopic (exact) mass is 262 g/mol. The number of rotatable bonds is 5. The molecule has 0 aliphatic heterocycles. The first kappa shape index (κ1) is 12.6. The molecule has 0 aliphatic carbocycles. The molecule has 2 rings (SSSR count). The molecule has 0 fully saturated rings. The smallest absolute Gasteiger partial charge is 0.345 e. The van der Waals surface area contributed by atoms with Crippen LogP contribution in [0.5, 0.6) is 0 Å². The average molecular weight is 262 g/mol. The van der Waals surface area contributed by atoms with E-state index in [4.69, 9.17) is 5.11 Å². The zero-order valence-corrected chi connectivity index (χ0v) is 10.9. The molecule has 0 aromatic carbocycles. The highest BCUT2D eigenvalue weighted by atomic mass is 32.1. The average Bonchev–Trinajstić information content (AvgIpc) is 2.87. The van der Waals surface area contributed by atoms with Crippen LogP contribution in [-0.4, -0.2) is 29.7 Å². The van der Waals surface area contributed by atoms with Gasteiger partial charge in [-0.2, -0.15) is 0 Å². The van der Waals surface area contributed by atoms with Gasteiger partial charge in [0, 0.05) is 31.9 Å². The molecule has 0 saturated carbocycles. The number of carboxylic acid groups (broad SMARTS) is 1. The predicted molar refractivity (Wildman–Crippen MR) is 72.5 cm³/mol. The van der Waals surface area contributed by atoms with Gasteiger partial charge in [-0.3, -0.25) is 4.98 Å². The molecule has 0 unspecified atom stereocenters. The Balaban J connectivity index is 1.95. The van der Waals surface area contributed by atoms with Gasteiger partial charge in [-0.1, -0.05) is 6.07 Å². The summed E-state index contributed by atoms with van der Waals surface area (Å²) < 4.78 is 0. The summed E-state index contributed by atoms with van der Waals surface area (Å²) in [5.41, 5.74) is 1.04. The minimum absolute atomic E-state index is 0.370. The molecule has 2 aromatic heterocycles. The number of aromatic nitrogens is 1. The fourth-order valence-corrected chi connectivity index (χ4v) is 2.42. The van der Waals surface area contributed by atoms with E-state index in [1.807, 2.05) is 36.2 Å². The van der Waals surface area contributed by atoms with E-state index in [9.17, 15) is 4.79 Å². The Bertz CT molecular complexity index is 525. The standard InChI is InChI=1S/C13H14N2O2S/c1-15(9-7-10-4-2-3-8-14-10)12-6-5-11(18-12)13(16)17/h2-6,8H,7,9H2,1H3,(H,16,17). The largest absolute Gasteiger partial charge is 0.477 e. The van der Waals surface area contributed by atoms with Gasteiger partial charge in [0.15, 0.2) is 0 Å². The summed E-state index contributed by atoms with van der Waals surface area (Å²) in [7, 11) is 1.96. The highest BCUT2D eigenvalue weighted by Crippen LogP contribution is 2.25. The van der Waals surface area contributed by atoms with Crippen molar-refractivity contribution in [3.8, 4) is 0 Å². The van der Waals surface area contributed by atoms with Crippen molar-refractivity contribution in [3.05, 3.63) is 47.1 Å². The maximum Gasteiger partial charge on any atom is 0.345 e. The van der Waals surface area contributed by atoms with Crippen molar-refractivity contribution in [3.63, 3.8) is 0 Å². The van der Waals surface area contributed by atoms with Gasteiger partial charge in [0.05, 0.1) is 5.00 Å². The molecule has 94 valence electrons. The maximum atomic E-state index is 10.8. The van der Waals surface area contributed by atoms with E-state index in [1.54, 1.807) is 12.3 Å².